The molecular formula is C17H19NO5. The number of amides is 2. The lowest BCUT2D eigenvalue weighted by Crippen LogP contribution is -2.42. The Hall–Kier alpha value is -2.21. The van der Waals surface area contributed by atoms with Crippen molar-refractivity contribution in [1.82, 2.24) is 5.06 Å². The van der Waals surface area contributed by atoms with E-state index in [2.05, 4.69) is 0 Å². The number of imide groups is 1. The van der Waals surface area contributed by atoms with Crippen LogP contribution in [0.3, 0.4) is 0 Å². The average molecular weight is 317 g/mol. The molecule has 1 fully saturated rings. The van der Waals surface area contributed by atoms with Gasteiger partial charge in [0.05, 0.1) is 16.5 Å². The molecule has 1 aromatic rings. The van der Waals surface area contributed by atoms with E-state index >= 15 is 0 Å². The predicted molar refractivity (Wildman–Crippen MR) is 80.4 cm³/mol. The molecule has 1 aromatic carbocycles. The van der Waals surface area contributed by atoms with Crippen LogP contribution in [0.25, 0.3) is 0 Å². The number of hydrogen-bond acceptors (Lipinski definition) is 5. The molecule has 23 heavy (non-hydrogen) atoms. The van der Waals surface area contributed by atoms with E-state index in [1.54, 1.807) is 38.1 Å². The summed E-state index contributed by atoms with van der Waals surface area (Å²) in [6, 6.07) is 6.43. The monoisotopic (exact) mass is 317 g/mol. The lowest BCUT2D eigenvalue weighted by atomic mass is 9.75. The normalized spacial score (nSPS) is 19.0. The first kappa shape index (κ1) is 15.7. The van der Waals surface area contributed by atoms with Crippen LogP contribution in [-0.2, 0) is 14.4 Å². The number of fused-ring (bicyclic) bond motifs is 1. The van der Waals surface area contributed by atoms with Crippen molar-refractivity contribution >= 4 is 17.8 Å². The standard InChI is InChI=1S/C17H19NO5/c1-17(2,11-7-9-22-10-8-11)16(21)23-18-14(19)12-5-3-4-6-13(12)15(18)20/h3-6,11H,7-10H2,1-2H3. The Morgan fingerprint density at radius 1 is 1.13 bits per heavy atom. The molecule has 2 aliphatic heterocycles. The summed E-state index contributed by atoms with van der Waals surface area (Å²) in [7, 11) is 0. The highest BCUT2D eigenvalue weighted by Crippen LogP contribution is 2.36. The van der Waals surface area contributed by atoms with Crippen LogP contribution in [0.1, 0.15) is 47.4 Å². The van der Waals surface area contributed by atoms with Crippen molar-refractivity contribution in [3.05, 3.63) is 35.4 Å². The summed E-state index contributed by atoms with van der Waals surface area (Å²) in [6.07, 6.45) is 1.51. The number of ether oxygens (including phenoxy) is 1. The van der Waals surface area contributed by atoms with Crippen LogP contribution in [0.15, 0.2) is 24.3 Å². The van der Waals surface area contributed by atoms with Crippen LogP contribution in [-0.4, -0.2) is 36.1 Å². The number of hydrogen-bond donors (Lipinski definition) is 0. The van der Waals surface area contributed by atoms with Gasteiger partial charge in [0, 0.05) is 13.2 Å². The van der Waals surface area contributed by atoms with Crippen molar-refractivity contribution in [3.8, 4) is 0 Å². The fourth-order valence-corrected chi connectivity index (χ4v) is 3.04. The van der Waals surface area contributed by atoms with E-state index in [0.29, 0.717) is 18.3 Å². The summed E-state index contributed by atoms with van der Waals surface area (Å²) in [6.45, 7) is 4.77. The fourth-order valence-electron chi connectivity index (χ4n) is 3.04. The lowest BCUT2D eigenvalue weighted by Gasteiger charge is -2.35. The van der Waals surface area contributed by atoms with E-state index in [9.17, 15) is 14.4 Å². The lowest BCUT2D eigenvalue weighted by molar-refractivity contribution is -0.184. The molecule has 0 bridgehead atoms. The van der Waals surface area contributed by atoms with Crippen LogP contribution >= 0.6 is 0 Å². The molecule has 0 N–H and O–H groups in total. The third kappa shape index (κ3) is 2.63. The Morgan fingerprint density at radius 2 is 1.65 bits per heavy atom. The summed E-state index contributed by atoms with van der Waals surface area (Å²) in [5, 5.41) is 0.577. The van der Waals surface area contributed by atoms with Crippen molar-refractivity contribution < 1.29 is 24.0 Å². The maximum absolute atomic E-state index is 12.6. The van der Waals surface area contributed by atoms with Gasteiger partial charge in [-0.25, -0.2) is 4.79 Å². The zero-order valence-electron chi connectivity index (χ0n) is 13.2. The first-order chi connectivity index (χ1) is 10.9. The molecule has 2 heterocycles. The molecule has 2 aliphatic rings. The Bertz CT molecular complexity index is 626. The van der Waals surface area contributed by atoms with Gasteiger partial charge in [-0.05, 0) is 44.7 Å². The van der Waals surface area contributed by atoms with E-state index in [4.69, 9.17) is 9.57 Å². The molecule has 0 atom stereocenters. The first-order valence-electron chi connectivity index (χ1n) is 7.71. The minimum Gasteiger partial charge on any atom is -0.381 e. The van der Waals surface area contributed by atoms with Crippen LogP contribution in [0.4, 0.5) is 0 Å². The largest absolute Gasteiger partial charge is 0.381 e. The zero-order valence-corrected chi connectivity index (χ0v) is 13.2. The zero-order chi connectivity index (χ0) is 16.6. The van der Waals surface area contributed by atoms with E-state index < -0.39 is 23.2 Å². The molecule has 0 unspecified atom stereocenters. The van der Waals surface area contributed by atoms with Crippen molar-refractivity contribution in [2.24, 2.45) is 11.3 Å². The van der Waals surface area contributed by atoms with Crippen molar-refractivity contribution in [2.75, 3.05) is 13.2 Å². The van der Waals surface area contributed by atoms with Crippen molar-refractivity contribution in [3.63, 3.8) is 0 Å². The van der Waals surface area contributed by atoms with Gasteiger partial charge >= 0.3 is 5.97 Å². The van der Waals surface area contributed by atoms with Gasteiger partial charge in [-0.3, -0.25) is 9.59 Å². The predicted octanol–water partition coefficient (Wildman–Crippen LogP) is 2.19. The highest BCUT2D eigenvalue weighted by molar-refractivity contribution is 6.20. The van der Waals surface area contributed by atoms with Gasteiger partial charge in [0.15, 0.2) is 0 Å². The summed E-state index contributed by atoms with van der Waals surface area (Å²) >= 11 is 0. The molecule has 0 aromatic heterocycles. The number of carbonyl (C=O) groups is 3. The molecule has 122 valence electrons. The SMILES string of the molecule is CC(C)(C(=O)ON1C(=O)c2ccccc2C1=O)C1CCOCC1. The van der Waals surface area contributed by atoms with E-state index in [-0.39, 0.29) is 17.0 Å². The highest BCUT2D eigenvalue weighted by atomic mass is 16.7. The Morgan fingerprint density at radius 3 is 2.17 bits per heavy atom. The molecular weight excluding hydrogens is 298 g/mol. The quantitative estimate of drug-likeness (QED) is 0.799. The van der Waals surface area contributed by atoms with Crippen molar-refractivity contribution in [2.45, 2.75) is 26.7 Å². The van der Waals surface area contributed by atoms with E-state index in [0.717, 1.165) is 12.8 Å². The Labute approximate surface area is 134 Å². The van der Waals surface area contributed by atoms with E-state index in [1.807, 2.05) is 0 Å². The minimum atomic E-state index is -0.793. The van der Waals surface area contributed by atoms with Gasteiger partial charge < -0.3 is 9.57 Å². The second kappa shape index (κ2) is 5.77. The molecule has 6 heteroatoms. The fraction of sp³-hybridized carbons (Fsp3) is 0.471. The van der Waals surface area contributed by atoms with Gasteiger partial charge in [0.2, 0.25) is 0 Å². The Balaban J connectivity index is 1.76. The second-order valence-corrected chi connectivity index (χ2v) is 6.44. The maximum Gasteiger partial charge on any atom is 0.339 e. The van der Waals surface area contributed by atoms with Gasteiger partial charge in [0.1, 0.15) is 0 Å². The first-order valence-corrected chi connectivity index (χ1v) is 7.71. The molecule has 0 radical (unpaired) electrons. The third-order valence-corrected chi connectivity index (χ3v) is 4.70. The molecule has 1 saturated heterocycles. The molecule has 0 saturated carbocycles. The number of benzene rings is 1. The van der Waals surface area contributed by atoms with Crippen LogP contribution in [0, 0.1) is 11.3 Å². The summed E-state index contributed by atoms with van der Waals surface area (Å²) in [4.78, 5) is 42.3. The van der Waals surface area contributed by atoms with Gasteiger partial charge in [0.25, 0.3) is 11.8 Å². The summed E-state index contributed by atoms with van der Waals surface area (Å²) in [5.41, 5.74) is -0.276. The molecule has 6 nitrogen and oxygen atoms in total. The topological polar surface area (TPSA) is 72.9 Å². The number of carbonyl (C=O) groups excluding carboxylic acids is 3. The summed E-state index contributed by atoms with van der Waals surface area (Å²) < 4.78 is 5.31. The third-order valence-electron chi connectivity index (χ3n) is 4.70. The Kier molecular flexibility index (Phi) is 3.93. The van der Waals surface area contributed by atoms with Crippen LogP contribution in [0.5, 0.6) is 0 Å². The van der Waals surface area contributed by atoms with Crippen LogP contribution in [0.2, 0.25) is 0 Å². The van der Waals surface area contributed by atoms with Crippen molar-refractivity contribution in [1.29, 1.82) is 0 Å². The minimum absolute atomic E-state index is 0.0962. The number of nitrogens with zero attached hydrogens (tertiary/aromatic N) is 1. The number of rotatable bonds is 3. The second-order valence-electron chi connectivity index (χ2n) is 6.44. The smallest absolute Gasteiger partial charge is 0.339 e. The molecule has 0 spiro atoms. The average Bonchev–Trinajstić information content (AvgIpc) is 2.81. The highest BCUT2D eigenvalue weighted by Gasteiger charge is 2.44. The summed E-state index contributed by atoms with van der Waals surface area (Å²) in [5.74, 6) is -1.67. The van der Waals surface area contributed by atoms with Gasteiger partial charge in [-0.2, -0.15) is 0 Å². The number of hydroxylamine groups is 2. The molecule has 2 amide bonds. The van der Waals surface area contributed by atoms with Crippen LogP contribution < -0.4 is 0 Å². The van der Waals surface area contributed by atoms with Gasteiger partial charge in [-0.1, -0.05) is 17.2 Å². The molecule has 0 aliphatic carbocycles. The van der Waals surface area contributed by atoms with Gasteiger partial charge in [-0.15, -0.1) is 0 Å². The maximum atomic E-state index is 12.6. The molecule has 3 rings (SSSR count). The van der Waals surface area contributed by atoms with E-state index in [1.165, 1.54) is 0 Å².